The Morgan fingerprint density at radius 3 is 2.66 bits per heavy atom. The van der Waals surface area contributed by atoms with E-state index in [9.17, 15) is 4.79 Å². The topological polar surface area (TPSA) is 77.0 Å². The minimum absolute atomic E-state index is 0.184. The zero-order chi connectivity index (χ0) is 19.6. The van der Waals surface area contributed by atoms with Gasteiger partial charge in [-0.15, -0.1) is 5.10 Å². The van der Waals surface area contributed by atoms with Crippen LogP contribution in [0.5, 0.6) is 0 Å². The van der Waals surface area contributed by atoms with E-state index in [4.69, 9.17) is 4.42 Å². The standard InChI is InChI=1S/C22H17N5O2/c28-22(26-13-12-16-7-4-5-11-19(16)26)20(15-18-10-6-14-29-18)27-21(23-24-25-27)17-8-2-1-3-9-17/h1-11,14-15H,12-13H2/b20-15+. The predicted molar refractivity (Wildman–Crippen MR) is 109 cm³/mol. The maximum atomic E-state index is 13.6. The van der Waals surface area contributed by atoms with Crippen LogP contribution in [-0.4, -0.2) is 32.7 Å². The van der Waals surface area contributed by atoms with Gasteiger partial charge in [0.15, 0.2) is 5.82 Å². The minimum atomic E-state index is -0.184. The number of tetrazole rings is 1. The molecule has 1 amide bonds. The number of carbonyl (C=O) groups excluding carboxylic acids is 1. The molecule has 142 valence electrons. The molecule has 0 bridgehead atoms. The SMILES string of the molecule is O=C(/C(=C\c1ccco1)n1nnnc1-c1ccccc1)N1CCc2ccccc21. The van der Waals surface area contributed by atoms with E-state index >= 15 is 0 Å². The molecule has 0 saturated carbocycles. The fourth-order valence-electron chi connectivity index (χ4n) is 3.53. The van der Waals surface area contributed by atoms with Crippen molar-refractivity contribution in [3.63, 3.8) is 0 Å². The highest BCUT2D eigenvalue weighted by Crippen LogP contribution is 2.31. The molecule has 2 aromatic heterocycles. The van der Waals surface area contributed by atoms with Crippen molar-refractivity contribution in [3.8, 4) is 11.4 Å². The van der Waals surface area contributed by atoms with Gasteiger partial charge in [0.25, 0.3) is 5.91 Å². The summed E-state index contributed by atoms with van der Waals surface area (Å²) < 4.78 is 6.93. The first-order valence-electron chi connectivity index (χ1n) is 9.30. The average Bonchev–Trinajstić information content (AvgIpc) is 3.53. The van der Waals surface area contributed by atoms with Gasteiger partial charge in [-0.25, -0.2) is 0 Å². The van der Waals surface area contributed by atoms with Crippen LogP contribution in [0.3, 0.4) is 0 Å². The van der Waals surface area contributed by atoms with E-state index in [2.05, 4.69) is 15.5 Å². The molecule has 3 heterocycles. The van der Waals surface area contributed by atoms with E-state index in [1.54, 1.807) is 29.4 Å². The number of carbonyl (C=O) groups is 1. The third-order valence-corrected chi connectivity index (χ3v) is 4.90. The summed E-state index contributed by atoms with van der Waals surface area (Å²) in [6.45, 7) is 0.608. The van der Waals surface area contributed by atoms with Crippen LogP contribution in [0.4, 0.5) is 5.69 Å². The summed E-state index contributed by atoms with van der Waals surface area (Å²) in [6.07, 6.45) is 4.06. The van der Waals surface area contributed by atoms with Crippen LogP contribution in [0.15, 0.2) is 77.4 Å². The second kappa shape index (κ2) is 7.20. The Morgan fingerprint density at radius 1 is 1.00 bits per heavy atom. The minimum Gasteiger partial charge on any atom is -0.465 e. The monoisotopic (exact) mass is 383 g/mol. The normalized spacial score (nSPS) is 13.5. The number of nitrogens with zero attached hydrogens (tertiary/aromatic N) is 5. The van der Waals surface area contributed by atoms with Crippen LogP contribution in [0.1, 0.15) is 11.3 Å². The van der Waals surface area contributed by atoms with Crippen molar-refractivity contribution in [2.45, 2.75) is 6.42 Å². The number of anilines is 1. The fourth-order valence-corrected chi connectivity index (χ4v) is 3.53. The third kappa shape index (κ3) is 3.12. The molecule has 0 fully saturated rings. The van der Waals surface area contributed by atoms with Crippen LogP contribution < -0.4 is 4.90 Å². The predicted octanol–water partition coefficient (Wildman–Crippen LogP) is 3.52. The Kier molecular flexibility index (Phi) is 4.25. The van der Waals surface area contributed by atoms with E-state index in [1.165, 1.54) is 4.68 Å². The molecule has 4 aromatic rings. The van der Waals surface area contributed by atoms with Crippen molar-refractivity contribution < 1.29 is 9.21 Å². The van der Waals surface area contributed by atoms with E-state index in [-0.39, 0.29) is 5.91 Å². The number of rotatable bonds is 4. The van der Waals surface area contributed by atoms with E-state index in [0.29, 0.717) is 23.8 Å². The Morgan fingerprint density at radius 2 is 1.83 bits per heavy atom. The lowest BCUT2D eigenvalue weighted by Crippen LogP contribution is -2.32. The second-order valence-corrected chi connectivity index (χ2v) is 6.66. The zero-order valence-corrected chi connectivity index (χ0v) is 15.5. The number of aromatic nitrogens is 4. The highest BCUT2D eigenvalue weighted by Gasteiger charge is 2.29. The number of hydrogen-bond acceptors (Lipinski definition) is 5. The number of para-hydroxylation sites is 1. The Balaban J connectivity index is 1.62. The smallest absolute Gasteiger partial charge is 0.277 e. The lowest BCUT2D eigenvalue weighted by Gasteiger charge is -2.19. The van der Waals surface area contributed by atoms with Gasteiger partial charge in [0.2, 0.25) is 0 Å². The first-order valence-corrected chi connectivity index (χ1v) is 9.30. The summed E-state index contributed by atoms with van der Waals surface area (Å²) in [5, 5.41) is 12.1. The van der Waals surface area contributed by atoms with E-state index in [1.807, 2.05) is 54.6 Å². The summed E-state index contributed by atoms with van der Waals surface area (Å²) in [4.78, 5) is 15.4. The van der Waals surface area contributed by atoms with E-state index in [0.717, 1.165) is 23.2 Å². The number of amides is 1. The molecule has 7 heteroatoms. The molecule has 5 rings (SSSR count). The van der Waals surface area contributed by atoms with Crippen LogP contribution in [0, 0.1) is 0 Å². The Hall–Kier alpha value is -4.00. The van der Waals surface area contributed by atoms with Gasteiger partial charge in [0, 0.05) is 23.9 Å². The first-order chi connectivity index (χ1) is 14.3. The summed E-state index contributed by atoms with van der Waals surface area (Å²) in [6, 6.07) is 21.0. The largest absolute Gasteiger partial charge is 0.465 e. The van der Waals surface area contributed by atoms with Gasteiger partial charge in [-0.1, -0.05) is 48.5 Å². The summed E-state index contributed by atoms with van der Waals surface area (Å²) in [5.74, 6) is 0.857. The van der Waals surface area contributed by atoms with Gasteiger partial charge in [0.05, 0.1) is 6.26 Å². The number of furan rings is 1. The van der Waals surface area contributed by atoms with Gasteiger partial charge in [-0.2, -0.15) is 4.68 Å². The van der Waals surface area contributed by atoms with Crippen LogP contribution in [0.2, 0.25) is 0 Å². The molecular weight excluding hydrogens is 366 g/mol. The Bertz CT molecular complexity index is 1180. The highest BCUT2D eigenvalue weighted by molar-refractivity contribution is 6.25. The number of hydrogen-bond donors (Lipinski definition) is 0. The molecular formula is C22H17N5O2. The van der Waals surface area contributed by atoms with Crippen molar-refractivity contribution in [1.29, 1.82) is 0 Å². The molecule has 0 aliphatic carbocycles. The van der Waals surface area contributed by atoms with Crippen LogP contribution in [0.25, 0.3) is 23.2 Å². The highest BCUT2D eigenvalue weighted by atomic mass is 16.3. The van der Waals surface area contributed by atoms with Crippen LogP contribution >= 0.6 is 0 Å². The lowest BCUT2D eigenvalue weighted by atomic mass is 10.2. The third-order valence-electron chi connectivity index (χ3n) is 4.90. The molecule has 0 N–H and O–H groups in total. The molecule has 0 saturated heterocycles. The number of fused-ring (bicyclic) bond motifs is 1. The quantitative estimate of drug-likeness (QED) is 0.504. The maximum absolute atomic E-state index is 13.6. The molecule has 7 nitrogen and oxygen atoms in total. The molecule has 0 spiro atoms. The fraction of sp³-hybridized carbons (Fsp3) is 0.0909. The van der Waals surface area contributed by atoms with Crippen molar-refractivity contribution in [2.24, 2.45) is 0 Å². The van der Waals surface area contributed by atoms with Gasteiger partial charge >= 0.3 is 0 Å². The van der Waals surface area contributed by atoms with E-state index < -0.39 is 0 Å². The number of benzene rings is 2. The van der Waals surface area contributed by atoms with Gasteiger partial charge in [0.1, 0.15) is 11.5 Å². The van der Waals surface area contributed by atoms with Crippen molar-refractivity contribution in [1.82, 2.24) is 20.2 Å². The van der Waals surface area contributed by atoms with Crippen molar-refractivity contribution >= 4 is 23.4 Å². The first kappa shape index (κ1) is 17.1. The summed E-state index contributed by atoms with van der Waals surface area (Å²) in [5.41, 5.74) is 3.20. The van der Waals surface area contributed by atoms with Gasteiger partial charge < -0.3 is 9.32 Å². The summed E-state index contributed by atoms with van der Waals surface area (Å²) in [7, 11) is 0. The molecule has 29 heavy (non-hydrogen) atoms. The van der Waals surface area contributed by atoms with Gasteiger partial charge in [-0.3, -0.25) is 4.79 Å². The van der Waals surface area contributed by atoms with Crippen molar-refractivity contribution in [2.75, 3.05) is 11.4 Å². The molecule has 0 atom stereocenters. The molecule has 2 aromatic carbocycles. The molecule has 1 aliphatic heterocycles. The van der Waals surface area contributed by atoms with Crippen LogP contribution in [-0.2, 0) is 11.2 Å². The molecule has 0 unspecified atom stereocenters. The maximum Gasteiger partial charge on any atom is 0.277 e. The summed E-state index contributed by atoms with van der Waals surface area (Å²) >= 11 is 0. The Labute approximate surface area is 166 Å². The van der Waals surface area contributed by atoms with Crippen molar-refractivity contribution in [3.05, 3.63) is 84.3 Å². The molecule has 1 aliphatic rings. The second-order valence-electron chi connectivity index (χ2n) is 6.66. The average molecular weight is 383 g/mol. The molecule has 0 radical (unpaired) electrons. The lowest BCUT2D eigenvalue weighted by molar-refractivity contribution is -0.113. The zero-order valence-electron chi connectivity index (χ0n) is 15.5. The van der Waals surface area contributed by atoms with Gasteiger partial charge in [-0.05, 0) is 40.6 Å².